The molecule has 1 aromatic heterocycles. The van der Waals surface area contributed by atoms with E-state index in [1.54, 1.807) is 11.3 Å². The maximum Gasteiger partial charge on any atom is 0.0931 e. The first-order valence-corrected chi connectivity index (χ1v) is 8.66. The topological polar surface area (TPSA) is 12.0 Å². The molecule has 0 saturated heterocycles. The Labute approximate surface area is 141 Å². The van der Waals surface area contributed by atoms with Gasteiger partial charge in [-0.2, -0.15) is 0 Å². The molecule has 1 atom stereocenters. The quantitative estimate of drug-likeness (QED) is 0.727. The van der Waals surface area contributed by atoms with E-state index in [1.807, 2.05) is 24.3 Å². The Hall–Kier alpha value is -0.540. The van der Waals surface area contributed by atoms with Crippen LogP contribution in [0.25, 0.3) is 0 Å². The fourth-order valence-electron chi connectivity index (χ4n) is 2.23. The fraction of sp³-hybridized carbons (Fsp3) is 0.412. The molecule has 1 nitrogen and oxygen atoms in total. The molecular weight excluding hydrogens is 321 g/mol. The van der Waals surface area contributed by atoms with Crippen LogP contribution in [0.2, 0.25) is 9.36 Å². The summed E-state index contributed by atoms with van der Waals surface area (Å²) >= 11 is 14.1. The third kappa shape index (κ3) is 5.30. The largest absolute Gasteiger partial charge is 0.311 e. The summed E-state index contributed by atoms with van der Waals surface area (Å²) in [6.07, 6.45) is 0.949. The second-order valence-corrected chi connectivity index (χ2v) is 8.47. The van der Waals surface area contributed by atoms with E-state index in [9.17, 15) is 0 Å². The second kappa shape index (κ2) is 7.15. The molecule has 21 heavy (non-hydrogen) atoms. The van der Waals surface area contributed by atoms with Crippen LogP contribution in [0.4, 0.5) is 0 Å². The monoisotopic (exact) mass is 341 g/mol. The van der Waals surface area contributed by atoms with Crippen molar-refractivity contribution in [1.29, 1.82) is 0 Å². The van der Waals surface area contributed by atoms with Crippen molar-refractivity contribution in [3.63, 3.8) is 0 Å². The summed E-state index contributed by atoms with van der Waals surface area (Å²) in [6, 6.07) is 12.2. The van der Waals surface area contributed by atoms with Gasteiger partial charge in [0.05, 0.1) is 4.34 Å². The van der Waals surface area contributed by atoms with Crippen LogP contribution < -0.4 is 5.32 Å². The van der Waals surface area contributed by atoms with Crippen LogP contribution in [0.3, 0.4) is 0 Å². The summed E-state index contributed by atoms with van der Waals surface area (Å²) in [7, 11) is 0. The summed E-state index contributed by atoms with van der Waals surface area (Å²) in [5.74, 6) is 0.340. The minimum Gasteiger partial charge on any atom is -0.311 e. The van der Waals surface area contributed by atoms with Crippen molar-refractivity contribution in [2.45, 2.75) is 38.6 Å². The minimum absolute atomic E-state index is 0.0899. The molecule has 0 saturated carbocycles. The maximum atomic E-state index is 6.39. The van der Waals surface area contributed by atoms with Crippen LogP contribution >= 0.6 is 34.5 Å². The highest BCUT2D eigenvalue weighted by Gasteiger charge is 2.19. The molecule has 0 aliphatic rings. The number of rotatable bonds is 5. The van der Waals surface area contributed by atoms with Gasteiger partial charge < -0.3 is 5.32 Å². The molecule has 0 aliphatic carbocycles. The van der Waals surface area contributed by atoms with Gasteiger partial charge in [-0.25, -0.2) is 0 Å². The molecule has 4 heteroatoms. The number of nitrogens with one attached hydrogen (secondary N) is 1. The molecule has 0 amide bonds. The standard InChI is InChI=1S/C17H21Cl2NS/c1-17(2,3)20-11-12(10-13-8-9-16(19)21-13)14-6-4-5-7-15(14)18/h4-9,12,20H,10-11H2,1-3H3. The van der Waals surface area contributed by atoms with E-state index in [2.05, 4.69) is 38.2 Å². The van der Waals surface area contributed by atoms with E-state index in [4.69, 9.17) is 23.2 Å². The number of hydrogen-bond donors (Lipinski definition) is 1. The predicted octanol–water partition coefficient (Wildman–Crippen LogP) is 5.77. The van der Waals surface area contributed by atoms with Crippen LogP contribution in [-0.2, 0) is 6.42 Å². The molecule has 1 unspecified atom stereocenters. The van der Waals surface area contributed by atoms with E-state index < -0.39 is 0 Å². The zero-order chi connectivity index (χ0) is 15.5. The Kier molecular flexibility index (Phi) is 5.73. The summed E-state index contributed by atoms with van der Waals surface area (Å²) in [5.41, 5.74) is 1.28. The average Bonchev–Trinajstić information content (AvgIpc) is 2.80. The maximum absolute atomic E-state index is 6.39. The highest BCUT2D eigenvalue weighted by Crippen LogP contribution is 2.31. The Morgan fingerprint density at radius 1 is 1.10 bits per heavy atom. The predicted molar refractivity (Wildman–Crippen MR) is 95.0 cm³/mol. The van der Waals surface area contributed by atoms with E-state index in [0.29, 0.717) is 5.92 Å². The lowest BCUT2D eigenvalue weighted by molar-refractivity contribution is 0.405. The number of halogens is 2. The molecule has 0 spiro atoms. The zero-order valence-electron chi connectivity index (χ0n) is 12.6. The summed E-state index contributed by atoms with van der Waals surface area (Å²) in [6.45, 7) is 7.43. The molecule has 0 radical (unpaired) electrons. The van der Waals surface area contributed by atoms with Gasteiger partial charge in [0.1, 0.15) is 0 Å². The molecule has 2 aromatic rings. The minimum atomic E-state index is 0.0899. The van der Waals surface area contributed by atoms with Crippen molar-refractivity contribution >= 4 is 34.5 Å². The van der Waals surface area contributed by atoms with E-state index >= 15 is 0 Å². The molecule has 2 rings (SSSR count). The number of benzene rings is 1. The van der Waals surface area contributed by atoms with Crippen LogP contribution in [0.5, 0.6) is 0 Å². The summed E-state index contributed by atoms with van der Waals surface area (Å²) in [5, 5.41) is 4.42. The van der Waals surface area contributed by atoms with Crippen LogP contribution in [0.15, 0.2) is 36.4 Å². The van der Waals surface area contributed by atoms with E-state index in [0.717, 1.165) is 22.3 Å². The molecule has 0 bridgehead atoms. The molecule has 1 aromatic carbocycles. The molecule has 1 heterocycles. The zero-order valence-corrected chi connectivity index (χ0v) is 14.9. The van der Waals surface area contributed by atoms with Crippen molar-refractivity contribution in [3.05, 3.63) is 56.2 Å². The third-order valence-electron chi connectivity index (χ3n) is 3.30. The lowest BCUT2D eigenvalue weighted by Crippen LogP contribution is -2.39. The second-order valence-electron chi connectivity index (χ2n) is 6.26. The van der Waals surface area contributed by atoms with Crippen molar-refractivity contribution in [2.24, 2.45) is 0 Å². The van der Waals surface area contributed by atoms with Gasteiger partial charge in [-0.05, 0) is 51.0 Å². The Morgan fingerprint density at radius 3 is 2.38 bits per heavy atom. The SMILES string of the molecule is CC(C)(C)NCC(Cc1ccc(Cl)s1)c1ccccc1Cl. The molecule has 0 aliphatic heterocycles. The van der Waals surface area contributed by atoms with Crippen LogP contribution in [0.1, 0.15) is 37.1 Å². The summed E-state index contributed by atoms with van der Waals surface area (Å²) in [4.78, 5) is 1.29. The van der Waals surface area contributed by atoms with Gasteiger partial charge in [0.15, 0.2) is 0 Å². The van der Waals surface area contributed by atoms with Crippen molar-refractivity contribution in [1.82, 2.24) is 5.32 Å². The van der Waals surface area contributed by atoms with Gasteiger partial charge in [0.25, 0.3) is 0 Å². The Morgan fingerprint density at radius 2 is 1.81 bits per heavy atom. The molecule has 0 fully saturated rings. The molecule has 114 valence electrons. The van der Waals surface area contributed by atoms with Gasteiger partial charge in [-0.1, -0.05) is 41.4 Å². The fourth-order valence-corrected chi connectivity index (χ4v) is 3.69. The van der Waals surface area contributed by atoms with Crippen molar-refractivity contribution in [2.75, 3.05) is 6.54 Å². The number of hydrogen-bond acceptors (Lipinski definition) is 2. The summed E-state index contributed by atoms with van der Waals surface area (Å²) < 4.78 is 0.840. The molecule has 1 N–H and O–H groups in total. The van der Waals surface area contributed by atoms with E-state index in [-0.39, 0.29) is 5.54 Å². The Bertz CT molecular complexity index is 586. The van der Waals surface area contributed by atoms with Crippen molar-refractivity contribution < 1.29 is 0 Å². The average molecular weight is 342 g/mol. The van der Waals surface area contributed by atoms with E-state index in [1.165, 1.54) is 10.4 Å². The van der Waals surface area contributed by atoms with Gasteiger partial charge in [0.2, 0.25) is 0 Å². The first kappa shape index (κ1) is 16.8. The number of thiophene rings is 1. The molecular formula is C17H21Cl2NS. The van der Waals surface area contributed by atoms with Gasteiger partial charge >= 0.3 is 0 Å². The van der Waals surface area contributed by atoms with Crippen LogP contribution in [-0.4, -0.2) is 12.1 Å². The normalized spacial score (nSPS) is 13.4. The first-order valence-electron chi connectivity index (χ1n) is 7.09. The first-order chi connectivity index (χ1) is 9.85. The Balaban J connectivity index is 2.19. The van der Waals surface area contributed by atoms with Gasteiger partial charge in [0, 0.05) is 27.9 Å². The third-order valence-corrected chi connectivity index (χ3v) is 4.90. The highest BCUT2D eigenvalue weighted by atomic mass is 35.5. The highest BCUT2D eigenvalue weighted by molar-refractivity contribution is 7.16. The van der Waals surface area contributed by atoms with Gasteiger partial charge in [-0.3, -0.25) is 0 Å². The van der Waals surface area contributed by atoms with Crippen LogP contribution in [0, 0.1) is 0 Å². The van der Waals surface area contributed by atoms with Gasteiger partial charge in [-0.15, -0.1) is 11.3 Å². The smallest absolute Gasteiger partial charge is 0.0931 e. The lowest BCUT2D eigenvalue weighted by atomic mass is 9.93. The van der Waals surface area contributed by atoms with Crippen molar-refractivity contribution in [3.8, 4) is 0 Å². The lowest BCUT2D eigenvalue weighted by Gasteiger charge is -2.26.